The molecular formula is C18H11F5N2O3. The van der Waals surface area contributed by atoms with E-state index < -0.39 is 46.7 Å². The maximum absolute atomic E-state index is 13.6. The predicted octanol–water partition coefficient (Wildman–Crippen LogP) is 3.96. The van der Waals surface area contributed by atoms with Gasteiger partial charge in [-0.15, -0.1) is 0 Å². The number of esters is 1. The first-order valence-corrected chi connectivity index (χ1v) is 7.86. The van der Waals surface area contributed by atoms with Gasteiger partial charge in [-0.2, -0.15) is 13.9 Å². The SMILES string of the molecule is CC1=NN(c2ccc(C(=O)Oc3c(F)c(F)c(F)c(F)c3F)cc2)C(=O)C1C. The molecule has 0 radical (unpaired) electrons. The second-order valence-electron chi connectivity index (χ2n) is 5.95. The lowest BCUT2D eigenvalue weighted by atomic mass is 10.1. The minimum absolute atomic E-state index is 0.243. The van der Waals surface area contributed by atoms with Crippen molar-refractivity contribution < 1.29 is 36.3 Å². The Morgan fingerprint density at radius 2 is 1.46 bits per heavy atom. The summed E-state index contributed by atoms with van der Waals surface area (Å²) < 4.78 is 71.0. The maximum atomic E-state index is 13.6. The van der Waals surface area contributed by atoms with E-state index in [4.69, 9.17) is 0 Å². The van der Waals surface area contributed by atoms with E-state index in [2.05, 4.69) is 9.84 Å². The van der Waals surface area contributed by atoms with Crippen molar-refractivity contribution in [3.63, 3.8) is 0 Å². The number of carbonyl (C=O) groups is 2. The third-order valence-electron chi connectivity index (χ3n) is 4.18. The van der Waals surface area contributed by atoms with Crippen LogP contribution in [0.2, 0.25) is 0 Å². The highest BCUT2D eigenvalue weighted by atomic mass is 19.2. The van der Waals surface area contributed by atoms with Crippen molar-refractivity contribution in [2.75, 3.05) is 5.01 Å². The predicted molar refractivity (Wildman–Crippen MR) is 87.4 cm³/mol. The third-order valence-corrected chi connectivity index (χ3v) is 4.18. The van der Waals surface area contributed by atoms with Gasteiger partial charge < -0.3 is 4.74 Å². The van der Waals surface area contributed by atoms with Crippen molar-refractivity contribution in [3.8, 4) is 5.75 Å². The van der Waals surface area contributed by atoms with Crippen LogP contribution in [0.3, 0.4) is 0 Å². The van der Waals surface area contributed by atoms with E-state index in [0.717, 1.165) is 17.1 Å². The molecule has 2 aromatic carbocycles. The summed E-state index contributed by atoms with van der Waals surface area (Å²) in [5.74, 6) is -15.1. The number of hydrogen-bond donors (Lipinski definition) is 0. The maximum Gasteiger partial charge on any atom is 0.343 e. The highest BCUT2D eigenvalue weighted by Gasteiger charge is 2.31. The van der Waals surface area contributed by atoms with Gasteiger partial charge in [-0.05, 0) is 38.1 Å². The second-order valence-corrected chi connectivity index (χ2v) is 5.95. The normalized spacial score (nSPS) is 16.4. The van der Waals surface area contributed by atoms with Gasteiger partial charge in [0, 0.05) is 5.71 Å². The van der Waals surface area contributed by atoms with Crippen LogP contribution >= 0.6 is 0 Å². The molecule has 28 heavy (non-hydrogen) atoms. The Morgan fingerprint density at radius 1 is 0.964 bits per heavy atom. The Bertz CT molecular complexity index is 992. The Kier molecular flexibility index (Phi) is 4.88. The summed E-state index contributed by atoms with van der Waals surface area (Å²) in [6.45, 7) is 3.36. The van der Waals surface area contributed by atoms with Crippen molar-refractivity contribution in [1.29, 1.82) is 0 Å². The average Bonchev–Trinajstić information content (AvgIpc) is 2.95. The zero-order chi connectivity index (χ0) is 20.7. The van der Waals surface area contributed by atoms with Crippen LogP contribution in [-0.2, 0) is 4.79 Å². The number of hydrogen-bond acceptors (Lipinski definition) is 4. The van der Waals surface area contributed by atoms with E-state index in [9.17, 15) is 31.5 Å². The lowest BCUT2D eigenvalue weighted by Crippen LogP contribution is -2.25. The lowest BCUT2D eigenvalue weighted by Gasteiger charge is -2.13. The van der Waals surface area contributed by atoms with E-state index in [1.165, 1.54) is 12.1 Å². The summed E-state index contributed by atoms with van der Waals surface area (Å²) >= 11 is 0. The molecule has 1 aliphatic rings. The molecule has 0 fully saturated rings. The fourth-order valence-electron chi connectivity index (χ4n) is 2.41. The molecule has 1 aliphatic heterocycles. The van der Waals surface area contributed by atoms with Crippen molar-refractivity contribution in [2.24, 2.45) is 11.0 Å². The van der Waals surface area contributed by atoms with E-state index in [1.54, 1.807) is 13.8 Å². The molecule has 0 aliphatic carbocycles. The Labute approximate surface area is 155 Å². The molecule has 146 valence electrons. The molecule has 0 spiro atoms. The van der Waals surface area contributed by atoms with Gasteiger partial charge in [0.2, 0.25) is 34.8 Å². The molecule has 0 aromatic heterocycles. The number of ether oxygens (including phenoxy) is 1. The summed E-state index contributed by atoms with van der Waals surface area (Å²) in [7, 11) is 0. The molecule has 2 aromatic rings. The number of nitrogens with zero attached hydrogens (tertiary/aromatic N) is 2. The molecule has 0 N–H and O–H groups in total. The van der Waals surface area contributed by atoms with Crippen molar-refractivity contribution >= 4 is 23.3 Å². The molecule has 0 saturated heterocycles. The second kappa shape index (κ2) is 7.02. The van der Waals surface area contributed by atoms with Gasteiger partial charge in [0.1, 0.15) is 0 Å². The van der Waals surface area contributed by atoms with E-state index in [-0.39, 0.29) is 11.5 Å². The zero-order valence-corrected chi connectivity index (χ0v) is 14.4. The smallest absolute Gasteiger partial charge is 0.343 e. The Hall–Kier alpha value is -3.30. The van der Waals surface area contributed by atoms with Crippen molar-refractivity contribution in [1.82, 2.24) is 0 Å². The molecular weight excluding hydrogens is 387 g/mol. The fourth-order valence-corrected chi connectivity index (χ4v) is 2.41. The number of benzene rings is 2. The van der Waals surface area contributed by atoms with Crippen LogP contribution in [0.25, 0.3) is 0 Å². The molecule has 1 heterocycles. The average molecular weight is 398 g/mol. The number of hydrazone groups is 1. The van der Waals surface area contributed by atoms with Crippen LogP contribution in [0, 0.1) is 35.0 Å². The molecule has 10 heteroatoms. The molecule has 3 rings (SSSR count). The Balaban J connectivity index is 1.85. The number of halogens is 5. The summed E-state index contributed by atoms with van der Waals surface area (Å²) in [6.07, 6.45) is 0. The highest BCUT2D eigenvalue weighted by Crippen LogP contribution is 2.30. The number of carbonyl (C=O) groups excluding carboxylic acids is 2. The van der Waals surface area contributed by atoms with Crippen LogP contribution in [-0.4, -0.2) is 17.6 Å². The van der Waals surface area contributed by atoms with E-state index in [1.807, 2.05) is 0 Å². The first-order valence-electron chi connectivity index (χ1n) is 7.86. The van der Waals surface area contributed by atoms with Crippen LogP contribution < -0.4 is 9.75 Å². The van der Waals surface area contributed by atoms with Gasteiger partial charge in [-0.3, -0.25) is 4.79 Å². The number of anilines is 1. The topological polar surface area (TPSA) is 59.0 Å². The highest BCUT2D eigenvalue weighted by molar-refractivity contribution is 6.14. The summed E-state index contributed by atoms with van der Waals surface area (Å²) in [5, 5.41) is 5.20. The number of amides is 1. The monoisotopic (exact) mass is 398 g/mol. The number of rotatable bonds is 3. The van der Waals surface area contributed by atoms with Gasteiger partial charge in [0.15, 0.2) is 0 Å². The lowest BCUT2D eigenvalue weighted by molar-refractivity contribution is -0.119. The first kappa shape index (κ1) is 19.5. The molecule has 0 saturated carbocycles. The van der Waals surface area contributed by atoms with E-state index >= 15 is 0 Å². The molecule has 5 nitrogen and oxygen atoms in total. The van der Waals surface area contributed by atoms with Crippen LogP contribution in [0.1, 0.15) is 24.2 Å². The molecule has 1 amide bonds. The minimum atomic E-state index is -2.36. The minimum Gasteiger partial charge on any atom is -0.416 e. The zero-order valence-electron chi connectivity index (χ0n) is 14.4. The van der Waals surface area contributed by atoms with Gasteiger partial charge in [-0.25, -0.2) is 23.0 Å². The van der Waals surface area contributed by atoms with Gasteiger partial charge in [-0.1, -0.05) is 0 Å². The van der Waals surface area contributed by atoms with E-state index in [0.29, 0.717) is 11.4 Å². The molecule has 0 bridgehead atoms. The fraction of sp³-hybridized carbons (Fsp3) is 0.167. The van der Waals surface area contributed by atoms with Crippen LogP contribution in [0.4, 0.5) is 27.6 Å². The van der Waals surface area contributed by atoms with Crippen LogP contribution in [0.15, 0.2) is 29.4 Å². The van der Waals surface area contributed by atoms with Crippen LogP contribution in [0.5, 0.6) is 5.75 Å². The summed E-state index contributed by atoms with van der Waals surface area (Å²) in [5.41, 5.74) is 0.675. The van der Waals surface area contributed by atoms with Crippen molar-refractivity contribution in [3.05, 3.63) is 58.9 Å². The Morgan fingerprint density at radius 3 is 1.93 bits per heavy atom. The van der Waals surface area contributed by atoms with Gasteiger partial charge in [0.05, 0.1) is 17.2 Å². The third kappa shape index (κ3) is 3.10. The quantitative estimate of drug-likeness (QED) is 0.259. The van der Waals surface area contributed by atoms with Crippen molar-refractivity contribution in [2.45, 2.75) is 13.8 Å². The summed E-state index contributed by atoms with van der Waals surface area (Å²) in [6, 6.07) is 4.96. The first-order chi connectivity index (χ1) is 13.1. The standard InChI is InChI=1S/C18H11F5N2O3/c1-7-8(2)24-25(17(7)26)10-5-3-9(4-6-10)18(27)28-16-14(22)12(20)11(19)13(21)15(16)23/h3-7H,1-2H3. The molecule has 1 unspecified atom stereocenters. The summed E-state index contributed by atoms with van der Waals surface area (Å²) in [4.78, 5) is 24.1. The van der Waals surface area contributed by atoms with Gasteiger partial charge in [0.25, 0.3) is 5.91 Å². The molecule has 1 atom stereocenters. The largest absolute Gasteiger partial charge is 0.416 e. The van der Waals surface area contributed by atoms with Gasteiger partial charge >= 0.3 is 5.97 Å².